The van der Waals surface area contributed by atoms with Crippen LogP contribution in [-0.4, -0.2) is 12.1 Å². The van der Waals surface area contributed by atoms with E-state index in [0.717, 1.165) is 22.0 Å². The Balaban J connectivity index is 0.000000606. The fourth-order valence-corrected chi connectivity index (χ4v) is 1.90. The SMILES string of the molecule is CC.COc1cccc(-c2csc(C)n2)c1. The van der Waals surface area contributed by atoms with Crippen LogP contribution in [0.3, 0.4) is 0 Å². The number of rotatable bonds is 2. The van der Waals surface area contributed by atoms with Gasteiger partial charge in [-0.2, -0.15) is 0 Å². The zero-order chi connectivity index (χ0) is 12.0. The van der Waals surface area contributed by atoms with E-state index in [2.05, 4.69) is 10.4 Å². The van der Waals surface area contributed by atoms with Gasteiger partial charge in [0.25, 0.3) is 0 Å². The molecule has 0 amide bonds. The summed E-state index contributed by atoms with van der Waals surface area (Å²) in [6.45, 7) is 6.01. The summed E-state index contributed by atoms with van der Waals surface area (Å²) in [5.41, 5.74) is 2.13. The lowest BCUT2D eigenvalue weighted by atomic mass is 10.2. The van der Waals surface area contributed by atoms with E-state index in [9.17, 15) is 0 Å². The van der Waals surface area contributed by atoms with Crippen molar-refractivity contribution in [1.82, 2.24) is 4.98 Å². The normalized spacial score (nSPS) is 9.25. The van der Waals surface area contributed by atoms with E-state index >= 15 is 0 Å². The van der Waals surface area contributed by atoms with Crippen LogP contribution in [0, 0.1) is 6.92 Å². The maximum absolute atomic E-state index is 5.16. The first-order valence-corrected chi connectivity index (χ1v) is 6.24. The average molecular weight is 235 g/mol. The quantitative estimate of drug-likeness (QED) is 0.780. The average Bonchev–Trinajstić information content (AvgIpc) is 2.79. The molecule has 2 rings (SSSR count). The van der Waals surface area contributed by atoms with Crippen LogP contribution in [0.5, 0.6) is 5.75 Å². The van der Waals surface area contributed by atoms with Gasteiger partial charge in [-0.1, -0.05) is 26.0 Å². The fourth-order valence-electron chi connectivity index (χ4n) is 1.28. The van der Waals surface area contributed by atoms with Gasteiger partial charge in [-0.15, -0.1) is 11.3 Å². The molecule has 0 saturated carbocycles. The number of ether oxygens (including phenoxy) is 1. The number of thiazole rings is 1. The van der Waals surface area contributed by atoms with Crippen molar-refractivity contribution in [2.75, 3.05) is 7.11 Å². The number of benzene rings is 1. The second-order valence-corrected chi connectivity index (χ2v) is 4.05. The van der Waals surface area contributed by atoms with Crippen LogP contribution in [0.2, 0.25) is 0 Å². The van der Waals surface area contributed by atoms with Gasteiger partial charge in [0.1, 0.15) is 5.75 Å². The van der Waals surface area contributed by atoms with Gasteiger partial charge in [-0.05, 0) is 19.1 Å². The van der Waals surface area contributed by atoms with E-state index in [1.54, 1.807) is 18.4 Å². The van der Waals surface area contributed by atoms with Crippen molar-refractivity contribution in [2.24, 2.45) is 0 Å². The standard InChI is InChI=1S/C11H11NOS.C2H6/c1-8-12-11(7-14-8)9-4-3-5-10(6-9)13-2;1-2/h3-7H,1-2H3;1-2H3. The third-order valence-corrected chi connectivity index (χ3v) is 2.76. The van der Waals surface area contributed by atoms with Crippen LogP contribution in [0.25, 0.3) is 11.3 Å². The highest BCUT2D eigenvalue weighted by Gasteiger charge is 2.02. The molecule has 3 heteroatoms. The largest absolute Gasteiger partial charge is 0.497 e. The lowest BCUT2D eigenvalue weighted by Crippen LogP contribution is -1.83. The van der Waals surface area contributed by atoms with Gasteiger partial charge in [-0.25, -0.2) is 4.98 Å². The van der Waals surface area contributed by atoms with Gasteiger partial charge in [0.05, 0.1) is 17.8 Å². The Hall–Kier alpha value is -1.35. The first kappa shape index (κ1) is 12.7. The summed E-state index contributed by atoms with van der Waals surface area (Å²) in [6, 6.07) is 7.94. The molecule has 1 aromatic heterocycles. The minimum atomic E-state index is 0.869. The van der Waals surface area contributed by atoms with E-state index in [-0.39, 0.29) is 0 Å². The van der Waals surface area contributed by atoms with Gasteiger partial charge < -0.3 is 4.74 Å². The number of aryl methyl sites for hydroxylation is 1. The summed E-state index contributed by atoms with van der Waals surface area (Å²) in [4.78, 5) is 4.42. The summed E-state index contributed by atoms with van der Waals surface area (Å²) >= 11 is 1.66. The molecule has 0 bridgehead atoms. The summed E-state index contributed by atoms with van der Waals surface area (Å²) in [5, 5.41) is 3.15. The summed E-state index contributed by atoms with van der Waals surface area (Å²) in [6.07, 6.45) is 0. The van der Waals surface area contributed by atoms with E-state index in [1.165, 1.54) is 0 Å². The molecule has 0 aliphatic carbocycles. The summed E-state index contributed by atoms with van der Waals surface area (Å²) in [5.74, 6) is 0.869. The molecule has 86 valence electrons. The minimum Gasteiger partial charge on any atom is -0.497 e. The number of hydrogen-bond acceptors (Lipinski definition) is 3. The van der Waals surface area contributed by atoms with Crippen molar-refractivity contribution in [3.8, 4) is 17.0 Å². The molecule has 0 unspecified atom stereocenters. The van der Waals surface area contributed by atoms with E-state index in [0.29, 0.717) is 0 Å². The molecule has 1 heterocycles. The van der Waals surface area contributed by atoms with Gasteiger partial charge in [0, 0.05) is 10.9 Å². The third-order valence-electron chi connectivity index (χ3n) is 1.98. The molecule has 0 aliphatic heterocycles. The maximum Gasteiger partial charge on any atom is 0.119 e. The molecule has 0 atom stereocenters. The predicted octanol–water partition coefficient (Wildman–Crippen LogP) is 4.15. The van der Waals surface area contributed by atoms with E-state index in [1.807, 2.05) is 45.0 Å². The Morgan fingerprint density at radius 3 is 2.56 bits per heavy atom. The maximum atomic E-state index is 5.16. The Morgan fingerprint density at radius 1 is 1.25 bits per heavy atom. The fraction of sp³-hybridized carbons (Fsp3) is 0.308. The Labute approximate surface area is 101 Å². The molecule has 2 nitrogen and oxygen atoms in total. The smallest absolute Gasteiger partial charge is 0.119 e. The first-order chi connectivity index (χ1) is 7.79. The van der Waals surface area contributed by atoms with Gasteiger partial charge in [0.2, 0.25) is 0 Å². The number of aromatic nitrogens is 1. The van der Waals surface area contributed by atoms with Gasteiger partial charge in [0.15, 0.2) is 0 Å². The number of nitrogens with zero attached hydrogens (tertiary/aromatic N) is 1. The Morgan fingerprint density at radius 2 is 2.00 bits per heavy atom. The zero-order valence-corrected chi connectivity index (χ0v) is 11.0. The molecule has 16 heavy (non-hydrogen) atoms. The van der Waals surface area contributed by atoms with Crippen LogP contribution in [-0.2, 0) is 0 Å². The Kier molecular flexibility index (Phi) is 4.99. The second-order valence-electron chi connectivity index (χ2n) is 2.98. The molecular formula is C13H17NOS. The van der Waals surface area contributed by atoms with Crippen LogP contribution in [0.1, 0.15) is 18.9 Å². The predicted molar refractivity (Wildman–Crippen MR) is 70.2 cm³/mol. The van der Waals surface area contributed by atoms with E-state index in [4.69, 9.17) is 4.74 Å². The lowest BCUT2D eigenvalue weighted by Gasteiger charge is -2.01. The summed E-state index contributed by atoms with van der Waals surface area (Å²) < 4.78 is 5.16. The highest BCUT2D eigenvalue weighted by molar-refractivity contribution is 7.09. The van der Waals surface area contributed by atoms with Crippen LogP contribution in [0.15, 0.2) is 29.6 Å². The molecule has 0 radical (unpaired) electrons. The third kappa shape index (κ3) is 3.07. The van der Waals surface area contributed by atoms with E-state index < -0.39 is 0 Å². The first-order valence-electron chi connectivity index (χ1n) is 5.36. The second kappa shape index (κ2) is 6.28. The molecule has 0 spiro atoms. The molecule has 0 fully saturated rings. The van der Waals surface area contributed by atoms with Crippen molar-refractivity contribution >= 4 is 11.3 Å². The highest BCUT2D eigenvalue weighted by Crippen LogP contribution is 2.24. The van der Waals surface area contributed by atoms with Crippen molar-refractivity contribution in [3.63, 3.8) is 0 Å². The molecule has 0 aliphatic rings. The molecular weight excluding hydrogens is 218 g/mol. The molecule has 0 saturated heterocycles. The zero-order valence-electron chi connectivity index (χ0n) is 10.2. The van der Waals surface area contributed by atoms with Crippen molar-refractivity contribution in [1.29, 1.82) is 0 Å². The van der Waals surface area contributed by atoms with Crippen LogP contribution < -0.4 is 4.74 Å². The minimum absolute atomic E-state index is 0.869. The molecule has 1 aromatic carbocycles. The molecule has 2 aromatic rings. The van der Waals surface area contributed by atoms with Crippen LogP contribution in [0.4, 0.5) is 0 Å². The summed E-state index contributed by atoms with van der Waals surface area (Å²) in [7, 11) is 1.67. The lowest BCUT2D eigenvalue weighted by molar-refractivity contribution is 0.415. The van der Waals surface area contributed by atoms with Gasteiger partial charge >= 0.3 is 0 Å². The van der Waals surface area contributed by atoms with Crippen molar-refractivity contribution in [2.45, 2.75) is 20.8 Å². The Bertz CT molecular complexity index is 437. The van der Waals surface area contributed by atoms with Gasteiger partial charge in [-0.3, -0.25) is 0 Å². The number of methoxy groups -OCH3 is 1. The van der Waals surface area contributed by atoms with Crippen molar-refractivity contribution in [3.05, 3.63) is 34.7 Å². The van der Waals surface area contributed by atoms with Crippen LogP contribution >= 0.6 is 11.3 Å². The topological polar surface area (TPSA) is 22.1 Å². The highest BCUT2D eigenvalue weighted by atomic mass is 32.1. The number of hydrogen-bond donors (Lipinski definition) is 0. The van der Waals surface area contributed by atoms with Crippen molar-refractivity contribution < 1.29 is 4.74 Å². The monoisotopic (exact) mass is 235 g/mol. The molecule has 0 N–H and O–H groups in total.